The van der Waals surface area contributed by atoms with Gasteiger partial charge in [0.2, 0.25) is 0 Å². The van der Waals surface area contributed by atoms with Crippen LogP contribution in [0.2, 0.25) is 0 Å². The summed E-state index contributed by atoms with van der Waals surface area (Å²) in [7, 11) is 0. The van der Waals surface area contributed by atoms with Gasteiger partial charge in [-0.3, -0.25) is 4.90 Å². The molecule has 1 aliphatic heterocycles. The van der Waals surface area contributed by atoms with Crippen molar-refractivity contribution in [2.24, 2.45) is 5.41 Å². The summed E-state index contributed by atoms with van der Waals surface area (Å²) in [5.41, 5.74) is 0.597. The van der Waals surface area contributed by atoms with Crippen LogP contribution < -0.4 is 5.32 Å². The first kappa shape index (κ1) is 16.4. The van der Waals surface area contributed by atoms with Gasteiger partial charge in [0.15, 0.2) is 11.6 Å². The second-order valence-corrected chi connectivity index (χ2v) is 7.03. The van der Waals surface area contributed by atoms with E-state index in [1.54, 1.807) is 12.1 Å². The van der Waals surface area contributed by atoms with Crippen molar-refractivity contribution in [3.63, 3.8) is 0 Å². The minimum Gasteiger partial charge on any atom is -0.311 e. The van der Waals surface area contributed by atoms with Gasteiger partial charge in [0.05, 0.1) is 0 Å². The summed E-state index contributed by atoms with van der Waals surface area (Å²) in [5, 5.41) is 3.59. The Morgan fingerprint density at radius 1 is 1.29 bits per heavy atom. The maximum atomic E-state index is 13.9. The van der Waals surface area contributed by atoms with Crippen LogP contribution in [0.3, 0.4) is 0 Å². The Hall–Kier alpha value is -1.00. The summed E-state index contributed by atoms with van der Waals surface area (Å²) in [6.07, 6.45) is 1.00. The van der Waals surface area contributed by atoms with Crippen LogP contribution >= 0.6 is 0 Å². The Morgan fingerprint density at radius 2 is 2.00 bits per heavy atom. The van der Waals surface area contributed by atoms with Gasteiger partial charge in [0, 0.05) is 37.3 Å². The van der Waals surface area contributed by atoms with Crippen molar-refractivity contribution in [1.82, 2.24) is 10.2 Å². The fourth-order valence-corrected chi connectivity index (χ4v) is 2.92. The molecule has 1 heterocycles. The molecule has 0 aromatic heterocycles. The second kappa shape index (κ2) is 6.41. The molecular weight excluding hydrogens is 270 g/mol. The zero-order chi connectivity index (χ0) is 15.6. The molecule has 2 atom stereocenters. The predicted octanol–water partition coefficient (Wildman–Crippen LogP) is 3.56. The van der Waals surface area contributed by atoms with Crippen molar-refractivity contribution in [3.05, 3.63) is 35.4 Å². The van der Waals surface area contributed by atoms with Crippen molar-refractivity contribution in [3.8, 4) is 0 Å². The molecule has 0 saturated carbocycles. The van der Waals surface area contributed by atoms with E-state index in [1.807, 2.05) is 0 Å². The molecule has 2 unspecified atom stereocenters. The van der Waals surface area contributed by atoms with Crippen molar-refractivity contribution < 1.29 is 8.78 Å². The summed E-state index contributed by atoms with van der Waals surface area (Å²) < 4.78 is 27.3. The van der Waals surface area contributed by atoms with Crippen LogP contribution in [-0.2, 0) is 6.54 Å². The Labute approximate surface area is 126 Å². The molecule has 0 bridgehead atoms. The average molecular weight is 296 g/mol. The van der Waals surface area contributed by atoms with Crippen molar-refractivity contribution >= 4 is 0 Å². The van der Waals surface area contributed by atoms with Crippen molar-refractivity contribution in [1.29, 1.82) is 0 Å². The highest BCUT2D eigenvalue weighted by molar-refractivity contribution is 5.19. The van der Waals surface area contributed by atoms with Gasteiger partial charge < -0.3 is 5.32 Å². The minimum atomic E-state index is -0.761. The topological polar surface area (TPSA) is 15.3 Å². The second-order valence-electron chi connectivity index (χ2n) is 7.03. The normalized spacial score (nSPS) is 24.3. The quantitative estimate of drug-likeness (QED) is 0.917. The van der Waals surface area contributed by atoms with E-state index in [1.165, 1.54) is 6.07 Å². The van der Waals surface area contributed by atoms with Crippen LogP contribution in [0, 0.1) is 17.0 Å². The van der Waals surface area contributed by atoms with E-state index in [2.05, 4.69) is 37.9 Å². The first-order valence-corrected chi connectivity index (χ1v) is 7.73. The molecular formula is C17H26F2N2. The van der Waals surface area contributed by atoms with E-state index in [-0.39, 0.29) is 5.41 Å². The largest absolute Gasteiger partial charge is 0.311 e. The maximum Gasteiger partial charge on any atom is 0.163 e. The molecule has 2 rings (SSSR count). The smallest absolute Gasteiger partial charge is 0.163 e. The van der Waals surface area contributed by atoms with E-state index in [0.29, 0.717) is 24.2 Å². The molecule has 2 nitrogen and oxygen atoms in total. The molecule has 1 fully saturated rings. The van der Waals surface area contributed by atoms with Gasteiger partial charge in [-0.25, -0.2) is 8.78 Å². The molecule has 1 aliphatic rings. The van der Waals surface area contributed by atoms with Gasteiger partial charge in [0.25, 0.3) is 0 Å². The monoisotopic (exact) mass is 296 g/mol. The maximum absolute atomic E-state index is 13.9. The molecule has 21 heavy (non-hydrogen) atoms. The van der Waals surface area contributed by atoms with E-state index >= 15 is 0 Å². The van der Waals surface area contributed by atoms with Crippen LogP contribution in [-0.4, -0.2) is 30.1 Å². The summed E-state index contributed by atoms with van der Waals surface area (Å²) in [4.78, 5) is 2.28. The van der Waals surface area contributed by atoms with Crippen LogP contribution in [0.1, 0.15) is 39.7 Å². The van der Waals surface area contributed by atoms with Crippen LogP contribution in [0.4, 0.5) is 8.78 Å². The lowest BCUT2D eigenvalue weighted by Crippen LogP contribution is -2.59. The van der Waals surface area contributed by atoms with Gasteiger partial charge in [-0.2, -0.15) is 0 Å². The molecule has 4 heteroatoms. The van der Waals surface area contributed by atoms with Gasteiger partial charge in [-0.05, 0) is 17.9 Å². The number of benzene rings is 1. The molecule has 1 saturated heterocycles. The Kier molecular flexibility index (Phi) is 4.99. The molecule has 1 aromatic rings. The number of piperazine rings is 1. The van der Waals surface area contributed by atoms with Gasteiger partial charge in [0.1, 0.15) is 0 Å². The molecule has 0 amide bonds. The molecule has 118 valence electrons. The molecule has 1 N–H and O–H groups in total. The van der Waals surface area contributed by atoms with E-state index < -0.39 is 11.6 Å². The highest BCUT2D eigenvalue weighted by atomic mass is 19.2. The lowest BCUT2D eigenvalue weighted by Gasteiger charge is -2.45. The Morgan fingerprint density at radius 3 is 2.62 bits per heavy atom. The molecule has 0 aliphatic carbocycles. The Bertz CT molecular complexity index is 482. The molecule has 0 spiro atoms. The standard InChI is InChI=1S/C17H26F2N2/c1-5-13-9-20-15(17(2,3)4)11-21(13)10-12-7-6-8-14(18)16(12)19/h6-8,13,15,20H,5,9-11H2,1-4H3. The first-order chi connectivity index (χ1) is 9.82. The lowest BCUT2D eigenvalue weighted by molar-refractivity contribution is 0.0764. The summed E-state index contributed by atoms with van der Waals surface area (Å²) in [5.74, 6) is -1.47. The number of nitrogens with zero attached hydrogens (tertiary/aromatic N) is 1. The first-order valence-electron chi connectivity index (χ1n) is 7.73. The number of rotatable bonds is 3. The number of nitrogens with one attached hydrogen (secondary N) is 1. The van der Waals surface area contributed by atoms with E-state index in [0.717, 1.165) is 19.5 Å². The lowest BCUT2D eigenvalue weighted by atomic mass is 9.84. The van der Waals surface area contributed by atoms with Crippen molar-refractivity contribution in [2.75, 3.05) is 13.1 Å². The molecule has 1 aromatic carbocycles. The fraction of sp³-hybridized carbons (Fsp3) is 0.647. The Balaban J connectivity index is 2.16. The van der Waals surface area contributed by atoms with Crippen LogP contribution in [0.5, 0.6) is 0 Å². The SMILES string of the molecule is CCC1CNC(C(C)(C)C)CN1Cc1cccc(F)c1F. The van der Waals surface area contributed by atoms with Crippen LogP contribution in [0.25, 0.3) is 0 Å². The summed E-state index contributed by atoms with van der Waals surface area (Å²) in [6, 6.07) is 5.16. The number of hydrogen-bond donors (Lipinski definition) is 1. The van der Waals surface area contributed by atoms with Crippen molar-refractivity contribution in [2.45, 2.75) is 52.7 Å². The van der Waals surface area contributed by atoms with Gasteiger partial charge in [-0.15, -0.1) is 0 Å². The number of halogens is 2. The zero-order valence-electron chi connectivity index (χ0n) is 13.4. The van der Waals surface area contributed by atoms with Gasteiger partial charge in [-0.1, -0.05) is 39.8 Å². The van der Waals surface area contributed by atoms with E-state index in [9.17, 15) is 8.78 Å². The van der Waals surface area contributed by atoms with Crippen LogP contribution in [0.15, 0.2) is 18.2 Å². The third-order valence-corrected chi connectivity index (χ3v) is 4.45. The summed E-state index contributed by atoms with van der Waals surface area (Å²) >= 11 is 0. The third-order valence-electron chi connectivity index (χ3n) is 4.45. The molecule has 0 radical (unpaired) electrons. The third kappa shape index (κ3) is 3.80. The predicted molar refractivity (Wildman–Crippen MR) is 82.1 cm³/mol. The zero-order valence-corrected chi connectivity index (χ0v) is 13.4. The minimum absolute atomic E-state index is 0.150. The summed E-state index contributed by atoms with van der Waals surface area (Å²) in [6.45, 7) is 11.0. The van der Waals surface area contributed by atoms with E-state index in [4.69, 9.17) is 0 Å². The number of hydrogen-bond acceptors (Lipinski definition) is 2. The highest BCUT2D eigenvalue weighted by Gasteiger charge is 2.33. The van der Waals surface area contributed by atoms with Gasteiger partial charge >= 0.3 is 0 Å². The highest BCUT2D eigenvalue weighted by Crippen LogP contribution is 2.26. The fourth-order valence-electron chi connectivity index (χ4n) is 2.92. The average Bonchev–Trinajstić information content (AvgIpc) is 2.43.